The third-order valence-corrected chi connectivity index (χ3v) is 3.66. The van der Waals surface area contributed by atoms with Crippen LogP contribution < -0.4 is 15.5 Å². The van der Waals surface area contributed by atoms with E-state index in [1.165, 1.54) is 0 Å². The van der Waals surface area contributed by atoms with Crippen molar-refractivity contribution < 1.29 is 9.59 Å². The third-order valence-electron chi connectivity index (χ3n) is 3.66. The van der Waals surface area contributed by atoms with Gasteiger partial charge in [-0.2, -0.15) is 0 Å². The molecule has 2 aromatic rings. The molecule has 0 radical (unpaired) electrons. The summed E-state index contributed by atoms with van der Waals surface area (Å²) in [5.41, 5.74) is 2.85. The van der Waals surface area contributed by atoms with Gasteiger partial charge in [-0.05, 0) is 36.2 Å². The van der Waals surface area contributed by atoms with Gasteiger partial charge in [0.15, 0.2) is 0 Å². The molecule has 0 atom stereocenters. The van der Waals surface area contributed by atoms with Crippen molar-refractivity contribution in [1.29, 1.82) is 0 Å². The van der Waals surface area contributed by atoms with Crippen LogP contribution in [0.3, 0.4) is 0 Å². The summed E-state index contributed by atoms with van der Waals surface area (Å²) in [5, 5.41) is 5.73. The molecule has 2 rings (SSSR count). The molecule has 1 heterocycles. The van der Waals surface area contributed by atoms with E-state index in [9.17, 15) is 9.59 Å². The molecule has 132 valence electrons. The predicted octanol–water partition coefficient (Wildman–Crippen LogP) is 2.82. The summed E-state index contributed by atoms with van der Waals surface area (Å²) >= 11 is 0. The van der Waals surface area contributed by atoms with Gasteiger partial charge in [0.25, 0.3) is 5.91 Å². The highest BCUT2D eigenvalue weighted by molar-refractivity contribution is 6.02. The number of carbonyl (C=O) groups excluding carboxylic acids is 2. The molecule has 0 unspecified atom stereocenters. The van der Waals surface area contributed by atoms with Crippen molar-refractivity contribution in [2.45, 2.75) is 26.3 Å². The van der Waals surface area contributed by atoms with E-state index in [-0.39, 0.29) is 11.8 Å². The molecule has 6 nitrogen and oxygen atoms in total. The highest BCUT2D eigenvalue weighted by atomic mass is 16.2. The fourth-order valence-electron chi connectivity index (χ4n) is 2.42. The highest BCUT2D eigenvalue weighted by Crippen LogP contribution is 2.23. The van der Waals surface area contributed by atoms with E-state index in [0.717, 1.165) is 17.7 Å². The van der Waals surface area contributed by atoms with E-state index < -0.39 is 0 Å². The van der Waals surface area contributed by atoms with E-state index in [1.54, 1.807) is 24.5 Å². The summed E-state index contributed by atoms with van der Waals surface area (Å²) in [6.07, 6.45) is 4.64. The van der Waals surface area contributed by atoms with Crippen LogP contribution in [0.5, 0.6) is 0 Å². The normalized spacial score (nSPS) is 10.2. The molecule has 2 amide bonds. The number of carbonyl (C=O) groups is 2. The first-order valence-electron chi connectivity index (χ1n) is 8.29. The average Bonchev–Trinajstić information content (AvgIpc) is 2.60. The van der Waals surface area contributed by atoms with Crippen LogP contribution in [0.15, 0.2) is 42.7 Å². The number of benzene rings is 1. The first-order valence-corrected chi connectivity index (χ1v) is 8.29. The second-order valence-electron chi connectivity index (χ2n) is 5.97. The van der Waals surface area contributed by atoms with Crippen LogP contribution in [0, 0.1) is 0 Å². The number of nitrogens with zero attached hydrogens (tertiary/aromatic N) is 2. The van der Waals surface area contributed by atoms with Crippen molar-refractivity contribution in [3.05, 3.63) is 53.9 Å². The van der Waals surface area contributed by atoms with Crippen LogP contribution >= 0.6 is 0 Å². The fourth-order valence-corrected chi connectivity index (χ4v) is 2.42. The van der Waals surface area contributed by atoms with E-state index in [0.29, 0.717) is 24.2 Å². The Hall–Kier alpha value is -2.89. The summed E-state index contributed by atoms with van der Waals surface area (Å²) < 4.78 is 0. The Morgan fingerprint density at radius 1 is 1.20 bits per heavy atom. The third kappa shape index (κ3) is 5.31. The van der Waals surface area contributed by atoms with Crippen molar-refractivity contribution in [3.63, 3.8) is 0 Å². The fraction of sp³-hybridized carbons (Fsp3) is 0.316. The number of amides is 2. The summed E-state index contributed by atoms with van der Waals surface area (Å²) in [6.45, 7) is 2.35. The number of nitrogens with one attached hydrogen (secondary N) is 2. The van der Waals surface area contributed by atoms with Crippen LogP contribution in [0.1, 0.15) is 35.7 Å². The lowest BCUT2D eigenvalue weighted by atomic mass is 10.1. The van der Waals surface area contributed by atoms with Crippen LogP contribution in [0.2, 0.25) is 0 Å². The van der Waals surface area contributed by atoms with Gasteiger partial charge in [0, 0.05) is 50.8 Å². The number of hydrogen-bond acceptors (Lipinski definition) is 4. The van der Waals surface area contributed by atoms with Gasteiger partial charge in [-0.15, -0.1) is 0 Å². The van der Waals surface area contributed by atoms with Crippen molar-refractivity contribution in [3.8, 4) is 0 Å². The lowest BCUT2D eigenvalue weighted by molar-refractivity contribution is -0.116. The molecular formula is C19H24N4O2. The van der Waals surface area contributed by atoms with Gasteiger partial charge in [-0.1, -0.05) is 13.0 Å². The maximum atomic E-state index is 12.6. The first-order chi connectivity index (χ1) is 12.0. The Labute approximate surface area is 148 Å². The lowest BCUT2D eigenvalue weighted by Gasteiger charge is -2.18. The molecule has 6 heteroatoms. The molecule has 0 fully saturated rings. The van der Waals surface area contributed by atoms with Gasteiger partial charge < -0.3 is 15.5 Å². The van der Waals surface area contributed by atoms with E-state index in [1.807, 2.05) is 44.1 Å². The minimum absolute atomic E-state index is 0.0539. The van der Waals surface area contributed by atoms with Crippen molar-refractivity contribution >= 4 is 23.2 Å². The van der Waals surface area contributed by atoms with Crippen molar-refractivity contribution in [2.24, 2.45) is 0 Å². The maximum absolute atomic E-state index is 12.6. The van der Waals surface area contributed by atoms with E-state index in [4.69, 9.17) is 0 Å². The molecule has 1 aromatic heterocycles. The molecule has 0 aliphatic rings. The van der Waals surface area contributed by atoms with Gasteiger partial charge >= 0.3 is 0 Å². The Kier molecular flexibility index (Phi) is 6.51. The monoisotopic (exact) mass is 340 g/mol. The van der Waals surface area contributed by atoms with Gasteiger partial charge in [0.05, 0.1) is 5.56 Å². The average molecular weight is 340 g/mol. The van der Waals surface area contributed by atoms with Gasteiger partial charge in [0.1, 0.15) is 0 Å². The zero-order chi connectivity index (χ0) is 18.2. The first kappa shape index (κ1) is 18.4. The quantitative estimate of drug-likeness (QED) is 0.813. The summed E-state index contributed by atoms with van der Waals surface area (Å²) in [4.78, 5) is 30.3. The standard InChI is InChI=1S/C19H24N4O2/c1-4-6-18(24)22-15-8-9-17(23(2)3)16(11-15)19(25)21-13-14-7-5-10-20-12-14/h5,7-12H,4,6,13H2,1-3H3,(H,21,25)(H,22,24). The summed E-state index contributed by atoms with van der Waals surface area (Å²) in [6, 6.07) is 9.08. The molecule has 0 saturated heterocycles. The van der Waals surface area contributed by atoms with E-state index in [2.05, 4.69) is 15.6 Å². The Balaban J connectivity index is 2.17. The predicted molar refractivity (Wildman–Crippen MR) is 99.7 cm³/mol. The molecule has 0 aliphatic carbocycles. The molecule has 0 aliphatic heterocycles. The SMILES string of the molecule is CCCC(=O)Nc1ccc(N(C)C)c(C(=O)NCc2cccnc2)c1. The van der Waals surface area contributed by atoms with E-state index >= 15 is 0 Å². The molecule has 0 spiro atoms. The molecule has 2 N–H and O–H groups in total. The second kappa shape index (κ2) is 8.82. The summed E-state index contributed by atoms with van der Waals surface area (Å²) in [7, 11) is 3.76. The van der Waals surface area contributed by atoms with Crippen LogP contribution in [0.4, 0.5) is 11.4 Å². The minimum Gasteiger partial charge on any atom is -0.377 e. The van der Waals surface area contributed by atoms with Crippen molar-refractivity contribution in [1.82, 2.24) is 10.3 Å². The zero-order valence-electron chi connectivity index (χ0n) is 14.9. The molecule has 25 heavy (non-hydrogen) atoms. The zero-order valence-corrected chi connectivity index (χ0v) is 14.9. The number of pyridine rings is 1. The Morgan fingerprint density at radius 2 is 2.00 bits per heavy atom. The largest absolute Gasteiger partial charge is 0.377 e. The molecule has 0 saturated carbocycles. The second-order valence-corrected chi connectivity index (χ2v) is 5.97. The van der Waals surface area contributed by atoms with Crippen LogP contribution in [0.25, 0.3) is 0 Å². The van der Waals surface area contributed by atoms with Crippen molar-refractivity contribution in [2.75, 3.05) is 24.3 Å². The van der Waals surface area contributed by atoms with Crippen LogP contribution in [-0.2, 0) is 11.3 Å². The number of anilines is 2. The van der Waals surface area contributed by atoms with Gasteiger partial charge in [0.2, 0.25) is 5.91 Å². The van der Waals surface area contributed by atoms with Gasteiger partial charge in [-0.25, -0.2) is 0 Å². The number of aromatic nitrogens is 1. The highest BCUT2D eigenvalue weighted by Gasteiger charge is 2.14. The Bertz CT molecular complexity index is 729. The lowest BCUT2D eigenvalue weighted by Crippen LogP contribution is -2.25. The smallest absolute Gasteiger partial charge is 0.253 e. The molecular weight excluding hydrogens is 316 g/mol. The topological polar surface area (TPSA) is 74.3 Å². The van der Waals surface area contributed by atoms with Crippen LogP contribution in [-0.4, -0.2) is 30.9 Å². The minimum atomic E-state index is -0.195. The number of rotatable bonds is 7. The molecule has 1 aromatic carbocycles. The number of hydrogen-bond donors (Lipinski definition) is 2. The molecule has 0 bridgehead atoms. The van der Waals surface area contributed by atoms with Gasteiger partial charge in [-0.3, -0.25) is 14.6 Å². The summed E-state index contributed by atoms with van der Waals surface area (Å²) in [5.74, 6) is -0.249. The maximum Gasteiger partial charge on any atom is 0.253 e. The Morgan fingerprint density at radius 3 is 2.64 bits per heavy atom.